The Morgan fingerprint density at radius 2 is 1.92 bits per heavy atom. The second-order valence-electron chi connectivity index (χ2n) is 4.18. The fourth-order valence-corrected chi connectivity index (χ4v) is 3.02. The zero-order valence-corrected chi connectivity index (χ0v) is 9.11. The molecule has 0 N–H and O–H groups in total. The van der Waals surface area contributed by atoms with Crippen LogP contribution in [0, 0.1) is 0 Å². The fraction of sp³-hybridized carbons (Fsp3) is 1.00. The van der Waals surface area contributed by atoms with Crippen molar-refractivity contribution in [2.24, 2.45) is 0 Å². The summed E-state index contributed by atoms with van der Waals surface area (Å²) in [5.41, 5.74) is 0.316. The van der Waals surface area contributed by atoms with Crippen molar-refractivity contribution in [3.8, 4) is 0 Å². The summed E-state index contributed by atoms with van der Waals surface area (Å²) in [6.45, 7) is 0. The maximum Gasteiger partial charge on any atom is 0.0687 e. The predicted molar refractivity (Wildman–Crippen MR) is 53.7 cm³/mol. The van der Waals surface area contributed by atoms with Crippen molar-refractivity contribution in [3.05, 3.63) is 0 Å². The second-order valence-corrected chi connectivity index (χ2v) is 4.82. The Bertz CT molecular complexity index is 152. The van der Waals surface area contributed by atoms with Gasteiger partial charge >= 0.3 is 0 Å². The van der Waals surface area contributed by atoms with Gasteiger partial charge in [-0.25, -0.2) is 0 Å². The highest BCUT2D eigenvalue weighted by Crippen LogP contribution is 2.42. The Kier molecular flexibility index (Phi) is 2.75. The Morgan fingerprint density at radius 1 is 1.17 bits per heavy atom. The molecule has 2 aliphatic rings. The van der Waals surface area contributed by atoms with Crippen LogP contribution < -0.4 is 0 Å². The molecule has 12 heavy (non-hydrogen) atoms. The highest BCUT2D eigenvalue weighted by atomic mass is 79.9. The summed E-state index contributed by atoms with van der Waals surface area (Å²) >= 11 is 3.50. The third kappa shape index (κ3) is 1.69. The van der Waals surface area contributed by atoms with E-state index >= 15 is 0 Å². The summed E-state index contributed by atoms with van der Waals surface area (Å²) < 4.78 is 6.09. The minimum absolute atomic E-state index is 0.316. The summed E-state index contributed by atoms with van der Waals surface area (Å²) in [4.78, 5) is 0. The molecule has 1 aliphatic heterocycles. The van der Waals surface area contributed by atoms with E-state index in [1.54, 1.807) is 0 Å². The van der Waals surface area contributed by atoms with E-state index in [1.807, 2.05) is 0 Å². The predicted octanol–water partition coefficient (Wildman–Crippen LogP) is 3.26. The van der Waals surface area contributed by atoms with Crippen LogP contribution in [0.2, 0.25) is 0 Å². The van der Waals surface area contributed by atoms with Crippen LogP contribution in [0.5, 0.6) is 0 Å². The normalized spacial score (nSPS) is 34.2. The van der Waals surface area contributed by atoms with E-state index < -0.39 is 0 Å². The van der Waals surface area contributed by atoms with Crippen molar-refractivity contribution in [1.29, 1.82) is 0 Å². The summed E-state index contributed by atoms with van der Waals surface area (Å²) in [6.07, 6.45) is 9.90. The van der Waals surface area contributed by atoms with Gasteiger partial charge < -0.3 is 4.74 Å². The Morgan fingerprint density at radius 3 is 2.50 bits per heavy atom. The van der Waals surface area contributed by atoms with Crippen LogP contribution in [0.25, 0.3) is 0 Å². The van der Waals surface area contributed by atoms with Crippen molar-refractivity contribution in [2.75, 3.05) is 5.33 Å². The first-order chi connectivity index (χ1) is 5.85. The highest BCUT2D eigenvalue weighted by Gasteiger charge is 2.40. The Labute approximate surface area is 83.0 Å². The van der Waals surface area contributed by atoms with Crippen LogP contribution in [0.15, 0.2) is 0 Å². The highest BCUT2D eigenvalue weighted by molar-refractivity contribution is 9.09. The van der Waals surface area contributed by atoms with Crippen LogP contribution in [-0.2, 0) is 4.74 Å². The zero-order valence-electron chi connectivity index (χ0n) is 7.52. The first-order valence-electron chi connectivity index (χ1n) is 5.08. The van der Waals surface area contributed by atoms with E-state index in [1.165, 1.54) is 44.9 Å². The maximum atomic E-state index is 6.09. The minimum atomic E-state index is 0.316. The molecular formula is C10H17BrO. The lowest BCUT2D eigenvalue weighted by atomic mass is 9.83. The molecule has 1 unspecified atom stereocenters. The lowest BCUT2D eigenvalue weighted by molar-refractivity contribution is -0.0551. The molecule has 1 saturated carbocycles. The van der Waals surface area contributed by atoms with Crippen LogP contribution >= 0.6 is 15.9 Å². The molecule has 0 radical (unpaired) electrons. The second kappa shape index (κ2) is 3.67. The third-order valence-electron chi connectivity index (χ3n) is 3.28. The molecule has 0 aromatic heterocycles. The van der Waals surface area contributed by atoms with Gasteiger partial charge in [0.05, 0.1) is 11.7 Å². The summed E-state index contributed by atoms with van der Waals surface area (Å²) in [7, 11) is 0. The van der Waals surface area contributed by atoms with E-state index in [9.17, 15) is 0 Å². The van der Waals surface area contributed by atoms with Gasteiger partial charge in [0, 0.05) is 5.33 Å². The van der Waals surface area contributed by atoms with E-state index in [0.717, 1.165) is 5.33 Å². The average Bonchev–Trinajstić information content (AvgIpc) is 2.50. The van der Waals surface area contributed by atoms with E-state index in [2.05, 4.69) is 15.9 Å². The van der Waals surface area contributed by atoms with Crippen molar-refractivity contribution in [3.63, 3.8) is 0 Å². The van der Waals surface area contributed by atoms with Crippen LogP contribution in [0.3, 0.4) is 0 Å². The molecule has 1 spiro atoms. The topological polar surface area (TPSA) is 9.23 Å². The van der Waals surface area contributed by atoms with Gasteiger partial charge in [-0.2, -0.15) is 0 Å². The van der Waals surface area contributed by atoms with Gasteiger partial charge in [0.1, 0.15) is 0 Å². The van der Waals surface area contributed by atoms with Crippen LogP contribution in [-0.4, -0.2) is 17.0 Å². The molecule has 0 bridgehead atoms. The lowest BCUT2D eigenvalue weighted by Crippen LogP contribution is -2.31. The van der Waals surface area contributed by atoms with E-state index in [0.29, 0.717) is 11.7 Å². The van der Waals surface area contributed by atoms with Crippen LogP contribution in [0.4, 0.5) is 0 Å². The first-order valence-corrected chi connectivity index (χ1v) is 6.21. The van der Waals surface area contributed by atoms with E-state index in [4.69, 9.17) is 4.74 Å². The summed E-state index contributed by atoms with van der Waals surface area (Å²) in [5.74, 6) is 0. The average molecular weight is 233 g/mol. The molecule has 0 amide bonds. The first kappa shape index (κ1) is 9.01. The van der Waals surface area contributed by atoms with Gasteiger partial charge in [-0.3, -0.25) is 0 Å². The van der Waals surface area contributed by atoms with Gasteiger partial charge in [0.2, 0.25) is 0 Å². The number of alkyl halides is 1. The summed E-state index contributed by atoms with van der Waals surface area (Å²) in [6, 6.07) is 0. The zero-order chi connectivity index (χ0) is 8.44. The van der Waals surface area contributed by atoms with Gasteiger partial charge in [-0.05, 0) is 25.7 Å². The molecule has 1 heterocycles. The van der Waals surface area contributed by atoms with Crippen molar-refractivity contribution in [1.82, 2.24) is 0 Å². The van der Waals surface area contributed by atoms with Gasteiger partial charge in [0.25, 0.3) is 0 Å². The molecule has 1 aliphatic carbocycles. The third-order valence-corrected chi connectivity index (χ3v) is 4.00. The van der Waals surface area contributed by atoms with Gasteiger partial charge in [0.15, 0.2) is 0 Å². The Hall–Kier alpha value is 0.440. The monoisotopic (exact) mass is 232 g/mol. The SMILES string of the molecule is BrCC1CCC2(CCCCC2)O1. The van der Waals surface area contributed by atoms with Gasteiger partial charge in [-0.15, -0.1) is 0 Å². The van der Waals surface area contributed by atoms with Crippen LogP contribution in [0.1, 0.15) is 44.9 Å². The molecule has 0 aromatic carbocycles. The maximum absolute atomic E-state index is 6.09. The number of rotatable bonds is 1. The number of hydrogen-bond donors (Lipinski definition) is 0. The van der Waals surface area contributed by atoms with E-state index in [-0.39, 0.29) is 0 Å². The molecule has 70 valence electrons. The number of halogens is 1. The molecule has 2 heteroatoms. The fourth-order valence-electron chi connectivity index (χ4n) is 2.57. The largest absolute Gasteiger partial charge is 0.371 e. The van der Waals surface area contributed by atoms with Crippen molar-refractivity contribution >= 4 is 15.9 Å². The Balaban J connectivity index is 1.94. The van der Waals surface area contributed by atoms with Gasteiger partial charge in [-0.1, -0.05) is 35.2 Å². The number of hydrogen-bond acceptors (Lipinski definition) is 1. The quantitative estimate of drug-likeness (QED) is 0.631. The smallest absolute Gasteiger partial charge is 0.0687 e. The standard InChI is InChI=1S/C10H17BrO/c11-8-9-4-7-10(12-9)5-2-1-3-6-10/h9H,1-8H2. The van der Waals surface area contributed by atoms with Crippen molar-refractivity contribution < 1.29 is 4.74 Å². The number of ether oxygens (including phenoxy) is 1. The lowest BCUT2D eigenvalue weighted by Gasteiger charge is -2.33. The minimum Gasteiger partial charge on any atom is -0.371 e. The molecule has 2 rings (SSSR count). The summed E-state index contributed by atoms with van der Waals surface area (Å²) in [5, 5.41) is 1.02. The molecule has 0 aromatic rings. The molecule has 1 saturated heterocycles. The van der Waals surface area contributed by atoms with Crippen molar-refractivity contribution in [2.45, 2.75) is 56.7 Å². The molecule has 2 fully saturated rings. The molecule has 1 atom stereocenters. The molecular weight excluding hydrogens is 216 g/mol. The molecule has 1 nitrogen and oxygen atoms in total.